The van der Waals surface area contributed by atoms with Gasteiger partial charge in [0.1, 0.15) is 0 Å². The predicted molar refractivity (Wildman–Crippen MR) is 76.0 cm³/mol. The van der Waals surface area contributed by atoms with Gasteiger partial charge < -0.3 is 5.84 Å². The first-order valence-corrected chi connectivity index (χ1v) is 7.04. The summed E-state index contributed by atoms with van der Waals surface area (Å²) in [6.45, 7) is 0. The third kappa shape index (κ3) is 2.65. The molecular formula is C14H14N2OS. The second-order valence-electron chi connectivity index (χ2n) is 3.85. The van der Waals surface area contributed by atoms with Gasteiger partial charge in [0.2, 0.25) is 0 Å². The van der Waals surface area contributed by atoms with Gasteiger partial charge in [0.25, 0.3) is 0 Å². The smallest absolute Gasteiger partial charge is 0.0538 e. The molecule has 0 spiro atoms. The summed E-state index contributed by atoms with van der Waals surface area (Å²) >= 11 is 0. The van der Waals surface area contributed by atoms with Crippen molar-refractivity contribution in [3.63, 3.8) is 0 Å². The predicted octanol–water partition coefficient (Wildman–Crippen LogP) is 2.38. The van der Waals surface area contributed by atoms with Crippen LogP contribution in [-0.2, 0) is 10.8 Å². The molecule has 0 bridgehead atoms. The van der Waals surface area contributed by atoms with Gasteiger partial charge in [0, 0.05) is 11.2 Å². The topological polar surface area (TPSA) is 55.5 Å². The van der Waals surface area contributed by atoms with Crippen LogP contribution in [-0.4, -0.2) is 16.7 Å². The van der Waals surface area contributed by atoms with E-state index in [1.807, 2.05) is 48.5 Å². The summed E-state index contributed by atoms with van der Waals surface area (Å²) in [5.41, 5.74) is 2.97. The number of benzene rings is 2. The van der Waals surface area contributed by atoms with Crippen molar-refractivity contribution in [2.45, 2.75) is 4.90 Å². The van der Waals surface area contributed by atoms with Gasteiger partial charge in [-0.3, -0.25) is 4.21 Å². The summed E-state index contributed by atoms with van der Waals surface area (Å²) in [6, 6.07) is 15.5. The number of hydrogen-bond donors (Lipinski definition) is 1. The maximum Gasteiger partial charge on any atom is 0.0538 e. The minimum atomic E-state index is -0.996. The first-order valence-electron chi connectivity index (χ1n) is 5.48. The van der Waals surface area contributed by atoms with Crippen LogP contribution in [0.3, 0.4) is 0 Å². The number of hydrogen-bond acceptors (Lipinski definition) is 3. The molecule has 0 heterocycles. The van der Waals surface area contributed by atoms with Gasteiger partial charge in [-0.25, -0.2) is 0 Å². The van der Waals surface area contributed by atoms with Gasteiger partial charge in [-0.1, -0.05) is 42.5 Å². The molecule has 0 aliphatic carbocycles. The molecule has 0 radical (unpaired) electrons. The zero-order chi connectivity index (χ0) is 13.0. The fourth-order valence-electron chi connectivity index (χ4n) is 1.79. The van der Waals surface area contributed by atoms with E-state index in [-0.39, 0.29) is 0 Å². The highest BCUT2D eigenvalue weighted by Gasteiger charge is 2.06. The molecule has 2 aromatic rings. The van der Waals surface area contributed by atoms with E-state index in [4.69, 9.17) is 5.84 Å². The lowest BCUT2D eigenvalue weighted by atomic mass is 10.0. The highest BCUT2D eigenvalue weighted by Crippen LogP contribution is 2.25. The molecule has 0 saturated heterocycles. The van der Waals surface area contributed by atoms with Gasteiger partial charge in [-0.05, 0) is 22.8 Å². The van der Waals surface area contributed by atoms with Crippen LogP contribution in [0.2, 0.25) is 0 Å². The van der Waals surface area contributed by atoms with E-state index in [9.17, 15) is 4.21 Å². The van der Waals surface area contributed by atoms with Crippen LogP contribution in [0.1, 0.15) is 5.56 Å². The number of nitrogens with two attached hydrogens (primary N) is 1. The Bertz CT molecular complexity index is 591. The lowest BCUT2D eigenvalue weighted by molar-refractivity contribution is 0.687. The first kappa shape index (κ1) is 12.5. The molecule has 3 nitrogen and oxygen atoms in total. The lowest BCUT2D eigenvalue weighted by Gasteiger charge is -2.07. The van der Waals surface area contributed by atoms with E-state index in [0.717, 1.165) is 21.6 Å². The molecule has 0 saturated carbocycles. The number of nitrogens with zero attached hydrogens (tertiary/aromatic N) is 1. The van der Waals surface area contributed by atoms with Gasteiger partial charge in [0.05, 0.1) is 17.0 Å². The summed E-state index contributed by atoms with van der Waals surface area (Å²) < 4.78 is 11.7. The third-order valence-electron chi connectivity index (χ3n) is 2.64. The summed E-state index contributed by atoms with van der Waals surface area (Å²) in [5, 5.41) is 3.48. The molecule has 0 aliphatic rings. The van der Waals surface area contributed by atoms with Gasteiger partial charge in [0.15, 0.2) is 0 Å². The molecule has 0 aliphatic heterocycles. The molecule has 2 rings (SSSR count). The van der Waals surface area contributed by atoms with E-state index < -0.39 is 10.8 Å². The van der Waals surface area contributed by atoms with Crippen molar-refractivity contribution in [2.75, 3.05) is 6.26 Å². The number of rotatable bonds is 3. The summed E-state index contributed by atoms with van der Waals surface area (Å²) in [6.07, 6.45) is 3.28. The van der Waals surface area contributed by atoms with Crippen LogP contribution in [0.15, 0.2) is 58.5 Å². The van der Waals surface area contributed by atoms with Crippen molar-refractivity contribution in [3.05, 3.63) is 54.1 Å². The van der Waals surface area contributed by atoms with Crippen molar-refractivity contribution >= 4 is 17.0 Å². The Morgan fingerprint density at radius 2 is 1.78 bits per heavy atom. The van der Waals surface area contributed by atoms with Crippen molar-refractivity contribution in [3.8, 4) is 11.1 Å². The van der Waals surface area contributed by atoms with Gasteiger partial charge in [-0.2, -0.15) is 5.10 Å². The molecule has 4 heteroatoms. The zero-order valence-corrected chi connectivity index (χ0v) is 10.9. The molecule has 2 aromatic carbocycles. The molecular weight excluding hydrogens is 244 g/mol. The highest BCUT2D eigenvalue weighted by molar-refractivity contribution is 7.84. The average Bonchev–Trinajstić information content (AvgIpc) is 2.40. The molecule has 0 aromatic heterocycles. The van der Waals surface area contributed by atoms with Crippen molar-refractivity contribution < 1.29 is 4.21 Å². The normalized spacial score (nSPS) is 12.7. The maximum absolute atomic E-state index is 11.7. The maximum atomic E-state index is 11.7. The Kier molecular flexibility index (Phi) is 3.89. The summed E-state index contributed by atoms with van der Waals surface area (Å²) in [7, 11) is -0.996. The second kappa shape index (κ2) is 5.60. The van der Waals surface area contributed by atoms with Crippen molar-refractivity contribution in [1.29, 1.82) is 0 Å². The largest absolute Gasteiger partial charge is 0.323 e. The minimum absolute atomic E-state index is 0.845. The van der Waals surface area contributed by atoms with Crippen molar-refractivity contribution in [1.82, 2.24) is 0 Å². The minimum Gasteiger partial charge on any atom is -0.323 e. The summed E-state index contributed by atoms with van der Waals surface area (Å²) in [5.74, 6) is 5.10. The van der Waals surface area contributed by atoms with Crippen LogP contribution >= 0.6 is 0 Å². The Morgan fingerprint density at radius 1 is 1.11 bits per heavy atom. The zero-order valence-electron chi connectivity index (χ0n) is 10.0. The SMILES string of the molecule is CS(=O)c1ccccc1-c1ccc(C=NN)cc1. The van der Waals surface area contributed by atoms with Crippen LogP contribution in [0, 0.1) is 0 Å². The molecule has 0 amide bonds. The van der Waals surface area contributed by atoms with Crippen molar-refractivity contribution in [2.24, 2.45) is 10.9 Å². The molecule has 1 atom stereocenters. The first-order chi connectivity index (χ1) is 8.72. The van der Waals surface area contributed by atoms with Crippen LogP contribution < -0.4 is 5.84 Å². The molecule has 0 fully saturated rings. The van der Waals surface area contributed by atoms with E-state index in [2.05, 4.69) is 5.10 Å². The van der Waals surface area contributed by atoms with E-state index in [1.54, 1.807) is 12.5 Å². The summed E-state index contributed by atoms with van der Waals surface area (Å²) in [4.78, 5) is 0.845. The molecule has 92 valence electrons. The van der Waals surface area contributed by atoms with Crippen LogP contribution in [0.4, 0.5) is 0 Å². The quantitative estimate of drug-likeness (QED) is 0.522. The number of hydrazone groups is 1. The molecule has 1 unspecified atom stereocenters. The van der Waals surface area contributed by atoms with Crippen LogP contribution in [0.25, 0.3) is 11.1 Å². The Balaban J connectivity index is 2.45. The Morgan fingerprint density at radius 3 is 2.39 bits per heavy atom. The van der Waals surface area contributed by atoms with E-state index in [0.29, 0.717) is 0 Å². The van der Waals surface area contributed by atoms with Crippen LogP contribution in [0.5, 0.6) is 0 Å². The van der Waals surface area contributed by atoms with E-state index >= 15 is 0 Å². The standard InChI is InChI=1S/C14H14N2OS/c1-18(17)14-5-3-2-4-13(14)12-8-6-11(7-9-12)10-16-15/h2-10H,15H2,1H3. The Labute approximate surface area is 109 Å². The third-order valence-corrected chi connectivity index (χ3v) is 3.62. The average molecular weight is 258 g/mol. The fraction of sp³-hybridized carbons (Fsp3) is 0.0714. The lowest BCUT2D eigenvalue weighted by Crippen LogP contribution is -1.92. The monoisotopic (exact) mass is 258 g/mol. The van der Waals surface area contributed by atoms with Gasteiger partial charge in [-0.15, -0.1) is 0 Å². The molecule has 2 N–H and O–H groups in total. The Hall–Kier alpha value is -1.94. The second-order valence-corrected chi connectivity index (χ2v) is 5.20. The molecule has 18 heavy (non-hydrogen) atoms. The fourth-order valence-corrected chi connectivity index (χ4v) is 2.56. The van der Waals surface area contributed by atoms with Gasteiger partial charge >= 0.3 is 0 Å². The highest BCUT2D eigenvalue weighted by atomic mass is 32.2. The van der Waals surface area contributed by atoms with E-state index in [1.165, 1.54) is 0 Å².